The lowest BCUT2D eigenvalue weighted by Gasteiger charge is -2.32. The molecule has 2 aromatic carbocycles. The number of amides is 1. The average Bonchev–Trinajstić information content (AvgIpc) is 2.95. The van der Waals surface area contributed by atoms with E-state index < -0.39 is 24.4 Å². The van der Waals surface area contributed by atoms with E-state index in [0.717, 1.165) is 5.56 Å². The molecule has 1 aliphatic heterocycles. The molecule has 0 saturated carbocycles. The zero-order valence-corrected chi connectivity index (χ0v) is 20.6. The molecule has 1 N–H and O–H groups in total. The highest BCUT2D eigenvalue weighted by molar-refractivity contribution is 6.56. The molecule has 0 bridgehead atoms. The van der Waals surface area contributed by atoms with Crippen LogP contribution in [-0.4, -0.2) is 31.0 Å². The van der Waals surface area contributed by atoms with Crippen LogP contribution < -0.4 is 5.32 Å². The van der Waals surface area contributed by atoms with Gasteiger partial charge >= 0.3 is 13.2 Å². The van der Waals surface area contributed by atoms with Crippen molar-refractivity contribution in [1.82, 2.24) is 5.32 Å². The number of carbonyl (C=O) groups excluding carboxylic acids is 1. The number of hydrogen-bond donors (Lipinski definition) is 1. The van der Waals surface area contributed by atoms with Crippen LogP contribution >= 0.6 is 34.8 Å². The number of carbonyl (C=O) groups is 1. The van der Waals surface area contributed by atoms with Crippen molar-refractivity contribution in [2.24, 2.45) is 0 Å². The largest absolute Gasteiger partial charge is 0.492 e. The van der Waals surface area contributed by atoms with E-state index in [0.29, 0.717) is 21.1 Å². The Morgan fingerprint density at radius 2 is 1.59 bits per heavy atom. The van der Waals surface area contributed by atoms with E-state index in [1.165, 1.54) is 0 Å². The molecule has 9 heteroatoms. The Bertz CT molecular complexity index is 973. The minimum absolute atomic E-state index is 0.141. The SMILES string of the molecule is CC1(C)OB(C(=Cc2cc(Cl)c(Cl)c(Cl)c2)CNC(=O)OCc2ccccc2)OC1(C)C. The Kier molecular flexibility index (Phi) is 7.84. The van der Waals surface area contributed by atoms with Crippen molar-refractivity contribution in [3.8, 4) is 0 Å². The predicted octanol–water partition coefficient (Wildman–Crippen LogP) is 6.59. The van der Waals surface area contributed by atoms with Crippen molar-refractivity contribution < 1.29 is 18.8 Å². The maximum absolute atomic E-state index is 12.3. The fraction of sp³-hybridized carbons (Fsp3) is 0.348. The monoisotopic (exact) mass is 495 g/mol. The highest BCUT2D eigenvalue weighted by Crippen LogP contribution is 2.39. The lowest BCUT2D eigenvalue weighted by Crippen LogP contribution is -2.41. The summed E-state index contributed by atoms with van der Waals surface area (Å²) < 4.78 is 17.6. The van der Waals surface area contributed by atoms with Crippen LogP contribution in [0.2, 0.25) is 15.1 Å². The summed E-state index contributed by atoms with van der Waals surface area (Å²) >= 11 is 18.4. The van der Waals surface area contributed by atoms with Gasteiger partial charge in [-0.25, -0.2) is 4.79 Å². The molecule has 5 nitrogen and oxygen atoms in total. The number of halogens is 3. The standard InChI is InChI=1S/C23H25BCl3NO4/c1-22(2)23(3,4)32-24(31-22)17(10-16-11-18(25)20(27)19(26)12-16)13-28-21(29)30-14-15-8-6-5-7-9-15/h5-12H,13-14H2,1-4H3,(H,28,29). The lowest BCUT2D eigenvalue weighted by atomic mass is 9.77. The third kappa shape index (κ3) is 6.00. The molecule has 0 radical (unpaired) electrons. The van der Waals surface area contributed by atoms with E-state index in [1.807, 2.05) is 64.1 Å². The molecule has 1 amide bonds. The molecule has 170 valence electrons. The molecule has 1 heterocycles. The van der Waals surface area contributed by atoms with Crippen molar-refractivity contribution in [1.29, 1.82) is 0 Å². The van der Waals surface area contributed by atoms with Crippen LogP contribution in [0, 0.1) is 0 Å². The van der Waals surface area contributed by atoms with Gasteiger partial charge in [0, 0.05) is 6.54 Å². The van der Waals surface area contributed by atoms with Gasteiger partial charge in [0.15, 0.2) is 0 Å². The second kappa shape index (κ2) is 10.1. The van der Waals surface area contributed by atoms with Gasteiger partial charge < -0.3 is 19.4 Å². The molecule has 1 saturated heterocycles. The number of rotatable bonds is 6. The molecule has 0 spiro atoms. The summed E-state index contributed by atoms with van der Waals surface area (Å²) in [5.41, 5.74) is 1.19. The van der Waals surface area contributed by atoms with E-state index in [1.54, 1.807) is 12.1 Å². The lowest BCUT2D eigenvalue weighted by molar-refractivity contribution is 0.00578. The van der Waals surface area contributed by atoms with Gasteiger partial charge in [-0.05, 0) is 56.4 Å². The Labute approximate surface area is 204 Å². The number of hydrogen-bond acceptors (Lipinski definition) is 4. The fourth-order valence-electron chi connectivity index (χ4n) is 3.02. The molecular weight excluding hydrogens is 471 g/mol. The Balaban J connectivity index is 1.77. The van der Waals surface area contributed by atoms with Crippen LogP contribution in [0.25, 0.3) is 6.08 Å². The number of nitrogens with one attached hydrogen (secondary N) is 1. The smallest absolute Gasteiger partial charge is 0.445 e. The summed E-state index contributed by atoms with van der Waals surface area (Å²) in [5, 5.41) is 3.70. The van der Waals surface area contributed by atoms with Crippen LogP contribution in [0.15, 0.2) is 47.9 Å². The van der Waals surface area contributed by atoms with Crippen molar-refractivity contribution in [3.05, 3.63) is 74.1 Å². The van der Waals surface area contributed by atoms with Gasteiger partial charge in [-0.1, -0.05) is 71.2 Å². The van der Waals surface area contributed by atoms with Gasteiger partial charge in [0.2, 0.25) is 0 Å². The van der Waals surface area contributed by atoms with Gasteiger partial charge in [0.05, 0.1) is 26.3 Å². The second-order valence-corrected chi connectivity index (χ2v) is 9.71. The highest BCUT2D eigenvalue weighted by atomic mass is 35.5. The molecule has 0 atom stereocenters. The van der Waals surface area contributed by atoms with Crippen LogP contribution in [0.4, 0.5) is 4.79 Å². The maximum Gasteiger partial charge on any atom is 0.492 e. The minimum Gasteiger partial charge on any atom is -0.445 e. The quantitative estimate of drug-likeness (QED) is 0.362. The van der Waals surface area contributed by atoms with E-state index in [-0.39, 0.29) is 18.2 Å². The van der Waals surface area contributed by atoms with Gasteiger partial charge in [-0.2, -0.15) is 0 Å². The van der Waals surface area contributed by atoms with Crippen LogP contribution in [-0.2, 0) is 20.7 Å². The second-order valence-electron chi connectivity index (χ2n) is 8.52. The zero-order chi connectivity index (χ0) is 23.5. The summed E-state index contributed by atoms with van der Waals surface area (Å²) in [5.74, 6) is 0. The first-order valence-corrected chi connectivity index (χ1v) is 11.3. The molecule has 0 unspecified atom stereocenters. The van der Waals surface area contributed by atoms with E-state index in [9.17, 15) is 4.79 Å². The maximum atomic E-state index is 12.3. The van der Waals surface area contributed by atoms with Gasteiger partial charge in [-0.3, -0.25) is 0 Å². The highest BCUT2D eigenvalue weighted by Gasteiger charge is 2.52. The Morgan fingerprint density at radius 1 is 1.03 bits per heavy atom. The van der Waals surface area contributed by atoms with Gasteiger partial charge in [0.25, 0.3) is 0 Å². The average molecular weight is 497 g/mol. The van der Waals surface area contributed by atoms with Crippen molar-refractivity contribution >= 4 is 54.1 Å². The topological polar surface area (TPSA) is 56.8 Å². The molecule has 32 heavy (non-hydrogen) atoms. The zero-order valence-electron chi connectivity index (χ0n) is 18.4. The van der Waals surface area contributed by atoms with E-state index in [4.69, 9.17) is 48.8 Å². The molecule has 2 aromatic rings. The van der Waals surface area contributed by atoms with Gasteiger partial charge in [-0.15, -0.1) is 0 Å². The van der Waals surface area contributed by atoms with Crippen molar-refractivity contribution in [2.45, 2.75) is 45.5 Å². The molecule has 1 aliphatic rings. The summed E-state index contributed by atoms with van der Waals surface area (Å²) in [7, 11) is -0.678. The van der Waals surface area contributed by atoms with E-state index >= 15 is 0 Å². The van der Waals surface area contributed by atoms with Gasteiger partial charge in [0.1, 0.15) is 6.61 Å². The molecule has 3 rings (SSSR count). The molecule has 0 aromatic heterocycles. The first-order chi connectivity index (χ1) is 15.0. The van der Waals surface area contributed by atoms with Crippen LogP contribution in [0.1, 0.15) is 38.8 Å². The number of benzene rings is 2. The first kappa shape index (κ1) is 24.9. The van der Waals surface area contributed by atoms with Crippen molar-refractivity contribution in [2.75, 3.05) is 6.54 Å². The third-order valence-corrected chi connectivity index (χ3v) is 6.76. The predicted molar refractivity (Wildman–Crippen MR) is 130 cm³/mol. The normalized spacial score (nSPS) is 17.3. The summed E-state index contributed by atoms with van der Waals surface area (Å²) in [4.78, 5) is 12.3. The summed E-state index contributed by atoms with van der Waals surface area (Å²) in [6, 6.07) is 12.8. The van der Waals surface area contributed by atoms with Crippen LogP contribution in [0.5, 0.6) is 0 Å². The first-order valence-electron chi connectivity index (χ1n) is 10.1. The summed E-state index contributed by atoms with van der Waals surface area (Å²) in [6.45, 7) is 8.15. The number of ether oxygens (including phenoxy) is 1. The molecule has 0 aliphatic carbocycles. The molecular formula is C23H25BCl3NO4. The van der Waals surface area contributed by atoms with Crippen molar-refractivity contribution in [3.63, 3.8) is 0 Å². The summed E-state index contributed by atoms with van der Waals surface area (Å²) in [6.07, 6.45) is 1.26. The Morgan fingerprint density at radius 3 is 2.16 bits per heavy atom. The Hall–Kier alpha value is -1.70. The fourth-order valence-corrected chi connectivity index (χ4v) is 3.63. The van der Waals surface area contributed by atoms with Crippen LogP contribution in [0.3, 0.4) is 0 Å². The van der Waals surface area contributed by atoms with E-state index in [2.05, 4.69) is 5.32 Å². The minimum atomic E-state index is -0.678. The number of alkyl carbamates (subject to hydrolysis) is 1. The third-order valence-electron chi connectivity index (χ3n) is 5.56. The molecule has 1 fully saturated rings.